The van der Waals surface area contributed by atoms with Crippen molar-refractivity contribution in [2.24, 2.45) is 0 Å². The van der Waals surface area contributed by atoms with Crippen LogP contribution in [0.3, 0.4) is 0 Å². The van der Waals surface area contributed by atoms with Crippen molar-refractivity contribution in [3.8, 4) is 5.75 Å². The third-order valence-electron chi connectivity index (χ3n) is 3.65. The predicted octanol–water partition coefficient (Wildman–Crippen LogP) is 0.240. The zero-order valence-corrected chi connectivity index (χ0v) is 11.9. The zero-order chi connectivity index (χ0) is 14.5. The van der Waals surface area contributed by atoms with Crippen molar-refractivity contribution < 1.29 is 19.0 Å². The fourth-order valence-electron chi connectivity index (χ4n) is 2.56. The van der Waals surface area contributed by atoms with E-state index in [1.165, 1.54) is 0 Å². The van der Waals surface area contributed by atoms with Gasteiger partial charge in [0, 0.05) is 13.1 Å². The molecule has 0 aromatic heterocycles. The molecule has 1 spiro atoms. The first-order chi connectivity index (χ1) is 10.3. The fourth-order valence-corrected chi connectivity index (χ4v) is 2.56. The molecular weight excluding hydrogens is 272 g/mol. The van der Waals surface area contributed by atoms with Gasteiger partial charge >= 0.3 is 0 Å². The average molecular weight is 292 g/mol. The Kier molecular flexibility index (Phi) is 4.38. The fraction of sp³-hybridized carbons (Fsp3) is 0.533. The quantitative estimate of drug-likeness (QED) is 0.865. The number of amides is 1. The first-order valence-electron chi connectivity index (χ1n) is 7.22. The van der Waals surface area contributed by atoms with Crippen LogP contribution in [0.25, 0.3) is 0 Å². The van der Waals surface area contributed by atoms with Gasteiger partial charge in [0.1, 0.15) is 5.75 Å². The van der Waals surface area contributed by atoms with Gasteiger partial charge in [0.15, 0.2) is 12.4 Å². The highest BCUT2D eigenvalue weighted by molar-refractivity contribution is 5.78. The third kappa shape index (κ3) is 3.53. The van der Waals surface area contributed by atoms with Gasteiger partial charge in [-0.3, -0.25) is 4.79 Å². The van der Waals surface area contributed by atoms with Crippen LogP contribution in [0.15, 0.2) is 30.3 Å². The van der Waals surface area contributed by atoms with Crippen molar-refractivity contribution in [1.29, 1.82) is 0 Å². The Hall–Kier alpha value is -1.63. The molecule has 114 valence electrons. The molecule has 0 saturated carbocycles. The summed E-state index contributed by atoms with van der Waals surface area (Å²) in [6, 6.07) is 9.34. The number of benzene rings is 1. The van der Waals surface area contributed by atoms with Gasteiger partial charge in [-0.1, -0.05) is 18.2 Å². The maximum absolute atomic E-state index is 12.3. The lowest BCUT2D eigenvalue weighted by molar-refractivity contribution is -0.271. The summed E-state index contributed by atoms with van der Waals surface area (Å²) in [6.07, 6.45) is 0. The van der Waals surface area contributed by atoms with E-state index in [1.807, 2.05) is 30.3 Å². The summed E-state index contributed by atoms with van der Waals surface area (Å²) < 4.78 is 17.0. The van der Waals surface area contributed by atoms with Crippen molar-refractivity contribution in [3.63, 3.8) is 0 Å². The van der Waals surface area contributed by atoms with E-state index in [-0.39, 0.29) is 12.5 Å². The molecule has 1 aromatic carbocycles. The smallest absolute Gasteiger partial charge is 0.260 e. The molecule has 21 heavy (non-hydrogen) atoms. The number of nitrogens with zero attached hydrogens (tertiary/aromatic N) is 1. The number of morpholine rings is 2. The molecule has 2 aliphatic rings. The summed E-state index contributed by atoms with van der Waals surface area (Å²) in [4.78, 5) is 14.0. The maximum atomic E-state index is 12.3. The average Bonchev–Trinajstić information content (AvgIpc) is 2.54. The van der Waals surface area contributed by atoms with E-state index in [2.05, 4.69) is 5.32 Å². The number of ether oxygens (including phenoxy) is 3. The molecule has 2 heterocycles. The number of rotatable bonds is 3. The number of hydrogen-bond donors (Lipinski definition) is 1. The van der Waals surface area contributed by atoms with Crippen LogP contribution in [0, 0.1) is 0 Å². The van der Waals surface area contributed by atoms with Gasteiger partial charge in [-0.05, 0) is 12.1 Å². The van der Waals surface area contributed by atoms with Crippen molar-refractivity contribution >= 4 is 5.91 Å². The van der Waals surface area contributed by atoms with Crippen LogP contribution in [0.5, 0.6) is 5.75 Å². The second-order valence-electron chi connectivity index (χ2n) is 5.20. The molecule has 2 saturated heterocycles. The molecule has 3 rings (SSSR count). The Morgan fingerprint density at radius 3 is 2.86 bits per heavy atom. The molecule has 1 amide bonds. The summed E-state index contributed by atoms with van der Waals surface area (Å²) in [5.41, 5.74) is 0. The Balaban J connectivity index is 1.54. The topological polar surface area (TPSA) is 60.0 Å². The predicted molar refractivity (Wildman–Crippen MR) is 76.0 cm³/mol. The van der Waals surface area contributed by atoms with Crippen molar-refractivity contribution in [2.45, 2.75) is 5.79 Å². The molecule has 1 N–H and O–H groups in total. The second kappa shape index (κ2) is 6.43. The largest absolute Gasteiger partial charge is 0.484 e. The van der Waals surface area contributed by atoms with Gasteiger partial charge in [0.05, 0.1) is 26.3 Å². The summed E-state index contributed by atoms with van der Waals surface area (Å²) in [5, 5.41) is 3.24. The first kappa shape index (κ1) is 14.3. The highest BCUT2D eigenvalue weighted by Gasteiger charge is 2.40. The molecule has 2 fully saturated rings. The SMILES string of the molecule is O=C(COc1ccccc1)N1CCOC2(CNCCO2)C1. The lowest BCUT2D eigenvalue weighted by Crippen LogP contribution is -2.62. The number of para-hydroxylation sites is 1. The molecule has 0 bridgehead atoms. The molecule has 2 aliphatic heterocycles. The normalized spacial score (nSPS) is 25.8. The number of hydrogen-bond acceptors (Lipinski definition) is 5. The minimum Gasteiger partial charge on any atom is -0.484 e. The van der Waals surface area contributed by atoms with Gasteiger partial charge in [0.25, 0.3) is 5.91 Å². The molecule has 6 nitrogen and oxygen atoms in total. The summed E-state index contributed by atoms with van der Waals surface area (Å²) in [5.74, 6) is -0.0427. The van der Waals surface area contributed by atoms with Gasteiger partial charge < -0.3 is 24.4 Å². The van der Waals surface area contributed by atoms with Gasteiger partial charge in [-0.2, -0.15) is 0 Å². The van der Waals surface area contributed by atoms with E-state index in [0.717, 1.165) is 6.54 Å². The maximum Gasteiger partial charge on any atom is 0.260 e. The monoisotopic (exact) mass is 292 g/mol. The third-order valence-corrected chi connectivity index (χ3v) is 3.65. The first-order valence-corrected chi connectivity index (χ1v) is 7.22. The van der Waals surface area contributed by atoms with Crippen LogP contribution in [-0.2, 0) is 14.3 Å². The van der Waals surface area contributed by atoms with E-state index >= 15 is 0 Å². The Bertz CT molecular complexity index is 468. The minimum absolute atomic E-state index is 0.0352. The van der Waals surface area contributed by atoms with Crippen LogP contribution in [-0.4, -0.2) is 62.6 Å². The van der Waals surface area contributed by atoms with Crippen LogP contribution in [0.1, 0.15) is 0 Å². The van der Waals surface area contributed by atoms with Gasteiger partial charge in [0.2, 0.25) is 0 Å². The molecular formula is C15H20N2O4. The van der Waals surface area contributed by atoms with Crippen molar-refractivity contribution in [3.05, 3.63) is 30.3 Å². The number of carbonyl (C=O) groups is 1. The van der Waals surface area contributed by atoms with Crippen LogP contribution < -0.4 is 10.1 Å². The van der Waals surface area contributed by atoms with Crippen molar-refractivity contribution in [2.75, 3.05) is 46.0 Å². The van der Waals surface area contributed by atoms with E-state index in [4.69, 9.17) is 14.2 Å². The Labute approximate surface area is 124 Å². The molecule has 1 unspecified atom stereocenters. The van der Waals surface area contributed by atoms with Gasteiger partial charge in [-0.25, -0.2) is 0 Å². The highest BCUT2D eigenvalue weighted by atomic mass is 16.7. The molecule has 1 atom stereocenters. The summed E-state index contributed by atoms with van der Waals surface area (Å²) in [7, 11) is 0. The Morgan fingerprint density at radius 1 is 1.29 bits per heavy atom. The lowest BCUT2D eigenvalue weighted by Gasteiger charge is -2.44. The lowest BCUT2D eigenvalue weighted by atomic mass is 10.2. The molecule has 0 aliphatic carbocycles. The van der Waals surface area contributed by atoms with Crippen molar-refractivity contribution in [1.82, 2.24) is 10.2 Å². The van der Waals surface area contributed by atoms with Gasteiger partial charge in [-0.15, -0.1) is 0 Å². The number of nitrogens with one attached hydrogen (secondary N) is 1. The zero-order valence-electron chi connectivity index (χ0n) is 11.9. The minimum atomic E-state index is -0.696. The van der Waals surface area contributed by atoms with Crippen LogP contribution >= 0.6 is 0 Å². The number of carbonyl (C=O) groups excluding carboxylic acids is 1. The van der Waals surface area contributed by atoms with E-state index in [1.54, 1.807) is 4.90 Å². The summed E-state index contributed by atoms with van der Waals surface area (Å²) in [6.45, 7) is 3.56. The van der Waals surface area contributed by atoms with Crippen LogP contribution in [0.4, 0.5) is 0 Å². The molecule has 0 radical (unpaired) electrons. The van der Waals surface area contributed by atoms with E-state index in [9.17, 15) is 4.79 Å². The Morgan fingerprint density at radius 2 is 2.10 bits per heavy atom. The van der Waals surface area contributed by atoms with E-state index in [0.29, 0.717) is 38.6 Å². The molecule has 1 aromatic rings. The summed E-state index contributed by atoms with van der Waals surface area (Å²) >= 11 is 0. The highest BCUT2D eigenvalue weighted by Crippen LogP contribution is 2.21. The standard InChI is InChI=1S/C15H20N2O4/c18-14(10-19-13-4-2-1-3-5-13)17-7-9-21-15(12-17)11-16-6-8-20-15/h1-5,16H,6-12H2. The molecule has 6 heteroatoms. The van der Waals surface area contributed by atoms with E-state index < -0.39 is 5.79 Å². The van der Waals surface area contributed by atoms with Crippen LogP contribution in [0.2, 0.25) is 0 Å². The second-order valence-corrected chi connectivity index (χ2v) is 5.20.